The van der Waals surface area contributed by atoms with Crippen LogP contribution in [0.3, 0.4) is 0 Å². The highest BCUT2D eigenvalue weighted by Gasteiger charge is 2.03. The molecule has 2 aromatic heterocycles. The van der Waals surface area contributed by atoms with Crippen molar-refractivity contribution in [2.45, 2.75) is 26.7 Å². The lowest BCUT2D eigenvalue weighted by molar-refractivity contribution is 0.943. The molecule has 2 rings (SSSR count). The highest BCUT2D eigenvalue weighted by molar-refractivity contribution is 7.07. The van der Waals surface area contributed by atoms with Gasteiger partial charge in [0.25, 0.3) is 0 Å². The van der Waals surface area contributed by atoms with Gasteiger partial charge in [0.15, 0.2) is 0 Å². The summed E-state index contributed by atoms with van der Waals surface area (Å²) in [5.74, 6) is 1.62. The normalized spacial score (nSPS) is 10.4. The summed E-state index contributed by atoms with van der Waals surface area (Å²) in [7, 11) is 0. The van der Waals surface area contributed by atoms with Gasteiger partial charge in [-0.1, -0.05) is 6.92 Å². The molecule has 0 saturated carbocycles. The first-order valence-electron chi connectivity index (χ1n) is 6.62. The summed E-state index contributed by atoms with van der Waals surface area (Å²) in [6.45, 7) is 5.94. The van der Waals surface area contributed by atoms with Gasteiger partial charge in [0, 0.05) is 24.8 Å². The molecule has 19 heavy (non-hydrogen) atoms. The van der Waals surface area contributed by atoms with Gasteiger partial charge in [-0.2, -0.15) is 16.3 Å². The van der Waals surface area contributed by atoms with Crippen molar-refractivity contribution in [2.24, 2.45) is 0 Å². The summed E-state index contributed by atoms with van der Waals surface area (Å²) in [5.41, 5.74) is 2.45. The number of rotatable bonds is 7. The minimum atomic E-state index is 0.700. The van der Waals surface area contributed by atoms with E-state index in [0.717, 1.165) is 37.3 Å². The first-order chi connectivity index (χ1) is 9.29. The van der Waals surface area contributed by atoms with Gasteiger partial charge in [0.1, 0.15) is 5.82 Å². The number of aromatic nitrogens is 2. The van der Waals surface area contributed by atoms with E-state index in [0.29, 0.717) is 5.95 Å². The number of anilines is 2. The molecule has 0 amide bonds. The molecule has 0 saturated heterocycles. The van der Waals surface area contributed by atoms with Gasteiger partial charge in [-0.05, 0) is 42.2 Å². The highest BCUT2D eigenvalue weighted by atomic mass is 32.1. The molecule has 2 N–H and O–H groups in total. The Morgan fingerprint density at radius 1 is 1.26 bits per heavy atom. The van der Waals surface area contributed by atoms with Crippen molar-refractivity contribution in [1.82, 2.24) is 9.97 Å². The van der Waals surface area contributed by atoms with E-state index in [1.54, 1.807) is 11.3 Å². The first-order valence-corrected chi connectivity index (χ1v) is 7.56. The lowest BCUT2D eigenvalue weighted by Gasteiger charge is -2.10. The molecular weight excluding hydrogens is 256 g/mol. The van der Waals surface area contributed by atoms with Crippen LogP contribution in [-0.4, -0.2) is 23.1 Å². The van der Waals surface area contributed by atoms with Gasteiger partial charge in [0.2, 0.25) is 5.95 Å². The van der Waals surface area contributed by atoms with Gasteiger partial charge < -0.3 is 10.6 Å². The van der Waals surface area contributed by atoms with Crippen LogP contribution >= 0.6 is 11.3 Å². The Labute approximate surface area is 118 Å². The number of hydrogen-bond donors (Lipinski definition) is 2. The standard InChI is InChI=1S/C14H20N4S/c1-3-6-16-14-17-9-11(2)13(18-14)15-7-4-12-5-8-19-10-12/h5,8-10H,3-4,6-7H2,1-2H3,(H2,15,16,17,18). The molecule has 102 valence electrons. The number of aryl methyl sites for hydroxylation is 1. The first kappa shape index (κ1) is 13.8. The van der Waals surface area contributed by atoms with E-state index < -0.39 is 0 Å². The Morgan fingerprint density at radius 3 is 2.89 bits per heavy atom. The molecule has 0 aliphatic carbocycles. The second-order valence-electron chi connectivity index (χ2n) is 4.46. The Balaban J connectivity index is 1.90. The van der Waals surface area contributed by atoms with Crippen LogP contribution in [0.5, 0.6) is 0 Å². The van der Waals surface area contributed by atoms with Crippen molar-refractivity contribution >= 4 is 23.1 Å². The summed E-state index contributed by atoms with van der Waals surface area (Å²) in [5, 5.41) is 10.9. The largest absolute Gasteiger partial charge is 0.369 e. The molecule has 0 bridgehead atoms. The summed E-state index contributed by atoms with van der Waals surface area (Å²) < 4.78 is 0. The molecular formula is C14H20N4S. The van der Waals surface area contributed by atoms with Crippen molar-refractivity contribution in [3.63, 3.8) is 0 Å². The SMILES string of the molecule is CCCNc1ncc(C)c(NCCc2ccsc2)n1. The second kappa shape index (κ2) is 7.09. The highest BCUT2D eigenvalue weighted by Crippen LogP contribution is 2.13. The van der Waals surface area contributed by atoms with Gasteiger partial charge >= 0.3 is 0 Å². The predicted molar refractivity (Wildman–Crippen MR) is 82.1 cm³/mol. The van der Waals surface area contributed by atoms with E-state index in [9.17, 15) is 0 Å². The summed E-state index contributed by atoms with van der Waals surface area (Å²) in [6.07, 6.45) is 3.95. The molecule has 0 radical (unpaired) electrons. The van der Waals surface area contributed by atoms with Crippen molar-refractivity contribution in [2.75, 3.05) is 23.7 Å². The summed E-state index contributed by atoms with van der Waals surface area (Å²) >= 11 is 1.74. The predicted octanol–water partition coefficient (Wildman–Crippen LogP) is 3.32. The molecule has 0 aromatic carbocycles. The quantitative estimate of drug-likeness (QED) is 0.814. The smallest absolute Gasteiger partial charge is 0.224 e. The lowest BCUT2D eigenvalue weighted by atomic mass is 10.2. The topological polar surface area (TPSA) is 49.8 Å². The van der Waals surface area contributed by atoms with Crippen molar-refractivity contribution in [3.8, 4) is 0 Å². The summed E-state index contributed by atoms with van der Waals surface area (Å²) in [6, 6.07) is 2.16. The van der Waals surface area contributed by atoms with E-state index in [1.165, 1.54) is 5.56 Å². The van der Waals surface area contributed by atoms with Crippen LogP contribution in [0.25, 0.3) is 0 Å². The Kier molecular flexibility index (Phi) is 5.15. The maximum absolute atomic E-state index is 4.50. The third kappa shape index (κ3) is 4.21. The van der Waals surface area contributed by atoms with Gasteiger partial charge in [0.05, 0.1) is 0 Å². The molecule has 0 spiro atoms. The Morgan fingerprint density at radius 2 is 2.16 bits per heavy atom. The fraction of sp³-hybridized carbons (Fsp3) is 0.429. The monoisotopic (exact) mass is 276 g/mol. The van der Waals surface area contributed by atoms with Gasteiger partial charge in [-0.15, -0.1) is 0 Å². The molecule has 2 heterocycles. The average molecular weight is 276 g/mol. The fourth-order valence-electron chi connectivity index (χ4n) is 1.70. The molecule has 0 atom stereocenters. The number of nitrogens with zero attached hydrogens (tertiary/aromatic N) is 2. The number of thiophene rings is 1. The summed E-state index contributed by atoms with van der Waals surface area (Å²) in [4.78, 5) is 8.77. The maximum Gasteiger partial charge on any atom is 0.224 e. The molecule has 0 fully saturated rings. The zero-order valence-electron chi connectivity index (χ0n) is 11.4. The minimum absolute atomic E-state index is 0.700. The van der Waals surface area contributed by atoms with Crippen LogP contribution in [0.2, 0.25) is 0 Å². The van der Waals surface area contributed by atoms with Gasteiger partial charge in [-0.3, -0.25) is 0 Å². The average Bonchev–Trinajstić information content (AvgIpc) is 2.92. The van der Waals surface area contributed by atoms with Crippen LogP contribution < -0.4 is 10.6 Å². The zero-order valence-corrected chi connectivity index (χ0v) is 12.3. The van der Waals surface area contributed by atoms with Crippen molar-refractivity contribution < 1.29 is 0 Å². The third-order valence-electron chi connectivity index (χ3n) is 2.79. The maximum atomic E-state index is 4.50. The van der Waals surface area contributed by atoms with Crippen LogP contribution in [0.1, 0.15) is 24.5 Å². The van der Waals surface area contributed by atoms with Crippen LogP contribution in [-0.2, 0) is 6.42 Å². The Hall–Kier alpha value is -1.62. The molecule has 0 aliphatic heterocycles. The zero-order chi connectivity index (χ0) is 13.5. The Bertz CT molecular complexity index is 496. The number of nitrogens with one attached hydrogen (secondary N) is 2. The third-order valence-corrected chi connectivity index (χ3v) is 3.52. The van der Waals surface area contributed by atoms with E-state index in [1.807, 2.05) is 13.1 Å². The number of hydrogen-bond acceptors (Lipinski definition) is 5. The minimum Gasteiger partial charge on any atom is -0.369 e. The van der Waals surface area contributed by atoms with E-state index >= 15 is 0 Å². The van der Waals surface area contributed by atoms with Gasteiger partial charge in [-0.25, -0.2) is 4.98 Å². The van der Waals surface area contributed by atoms with Crippen LogP contribution in [0, 0.1) is 6.92 Å². The van der Waals surface area contributed by atoms with Crippen molar-refractivity contribution in [1.29, 1.82) is 0 Å². The fourth-order valence-corrected chi connectivity index (χ4v) is 2.41. The van der Waals surface area contributed by atoms with E-state index in [-0.39, 0.29) is 0 Å². The molecule has 2 aromatic rings. The molecule has 5 heteroatoms. The molecule has 0 aliphatic rings. The van der Waals surface area contributed by atoms with Crippen molar-refractivity contribution in [3.05, 3.63) is 34.2 Å². The molecule has 4 nitrogen and oxygen atoms in total. The second-order valence-corrected chi connectivity index (χ2v) is 5.24. The van der Waals surface area contributed by atoms with E-state index in [4.69, 9.17) is 0 Å². The van der Waals surface area contributed by atoms with Crippen LogP contribution in [0.4, 0.5) is 11.8 Å². The molecule has 0 unspecified atom stereocenters. The van der Waals surface area contributed by atoms with E-state index in [2.05, 4.69) is 44.4 Å². The lowest BCUT2D eigenvalue weighted by Crippen LogP contribution is -2.10. The van der Waals surface area contributed by atoms with Crippen LogP contribution in [0.15, 0.2) is 23.0 Å².